The fraction of sp³-hybridized carbons (Fsp3) is 0.550. The molecule has 10 nitrogen and oxygen atoms in total. The number of ether oxygens (including phenoxy) is 2. The first-order chi connectivity index (χ1) is 14.4. The Balaban J connectivity index is 1.38. The third kappa shape index (κ3) is 4.46. The summed E-state index contributed by atoms with van der Waals surface area (Å²) in [5.74, 6) is -1.64. The molecule has 4 atom stereocenters. The highest BCUT2D eigenvalue weighted by Gasteiger charge is 2.43. The fourth-order valence-corrected chi connectivity index (χ4v) is 4.12. The highest BCUT2D eigenvalue weighted by molar-refractivity contribution is 5.81. The van der Waals surface area contributed by atoms with Gasteiger partial charge in [0.25, 0.3) is 5.91 Å². The molecule has 4 rings (SSSR count). The van der Waals surface area contributed by atoms with E-state index < -0.39 is 29.0 Å². The number of cyclic esters (lactones) is 1. The number of carbonyl (C=O) groups excluding carboxylic acids is 3. The predicted octanol–water partition coefficient (Wildman–Crippen LogP) is -0.0101. The summed E-state index contributed by atoms with van der Waals surface area (Å²) in [6, 6.07) is 8.82. The topological polar surface area (TPSA) is 120 Å². The number of esters is 1. The molecule has 0 saturated carbocycles. The van der Waals surface area contributed by atoms with Crippen LogP contribution in [0.4, 0.5) is 0 Å². The van der Waals surface area contributed by atoms with Gasteiger partial charge in [0.1, 0.15) is 31.7 Å². The summed E-state index contributed by atoms with van der Waals surface area (Å²) < 4.78 is 10.1. The summed E-state index contributed by atoms with van der Waals surface area (Å²) in [5, 5.41) is 20.3. The number of rotatable bonds is 5. The van der Waals surface area contributed by atoms with E-state index >= 15 is 0 Å². The smallest absolute Gasteiger partial charge is 0.310 e. The second-order valence-electron chi connectivity index (χ2n) is 7.93. The van der Waals surface area contributed by atoms with Gasteiger partial charge in [-0.3, -0.25) is 24.5 Å². The van der Waals surface area contributed by atoms with Gasteiger partial charge in [0.2, 0.25) is 12.2 Å². The summed E-state index contributed by atoms with van der Waals surface area (Å²) in [4.78, 5) is 36.8. The van der Waals surface area contributed by atoms with Crippen molar-refractivity contribution >= 4 is 17.8 Å². The molecule has 1 aromatic rings. The van der Waals surface area contributed by atoms with E-state index in [0.717, 1.165) is 5.56 Å². The maximum Gasteiger partial charge on any atom is 0.310 e. The van der Waals surface area contributed by atoms with Gasteiger partial charge in [-0.25, -0.2) is 0 Å². The van der Waals surface area contributed by atoms with Crippen molar-refractivity contribution in [2.45, 2.75) is 38.2 Å². The van der Waals surface area contributed by atoms with Crippen LogP contribution in [0.15, 0.2) is 30.3 Å². The van der Waals surface area contributed by atoms with E-state index in [9.17, 15) is 19.6 Å². The molecule has 3 saturated heterocycles. The lowest BCUT2D eigenvalue weighted by Gasteiger charge is -2.50. The Morgan fingerprint density at radius 3 is 2.93 bits per heavy atom. The highest BCUT2D eigenvalue weighted by Crippen LogP contribution is 2.25. The normalized spacial score (nSPS) is 31.6. The molecule has 0 aliphatic carbocycles. The van der Waals surface area contributed by atoms with Crippen molar-refractivity contribution in [3.8, 4) is 0 Å². The van der Waals surface area contributed by atoms with Crippen LogP contribution in [0, 0.1) is 11.1 Å². The lowest BCUT2D eigenvalue weighted by molar-refractivity contribution is -0.985. The molecule has 3 heterocycles. The average Bonchev–Trinajstić information content (AvgIpc) is 2.95. The van der Waals surface area contributed by atoms with E-state index in [1.54, 1.807) is 0 Å². The molecule has 0 aromatic heterocycles. The van der Waals surface area contributed by atoms with E-state index in [2.05, 4.69) is 10.6 Å². The molecule has 162 valence electrons. The maximum atomic E-state index is 13.2. The predicted molar refractivity (Wildman–Crippen MR) is 103 cm³/mol. The molecule has 0 bridgehead atoms. The van der Waals surface area contributed by atoms with Crippen LogP contribution in [0.5, 0.6) is 0 Å². The van der Waals surface area contributed by atoms with E-state index in [1.165, 1.54) is 5.01 Å². The Morgan fingerprint density at radius 1 is 1.33 bits per heavy atom. The van der Waals surface area contributed by atoms with E-state index in [1.807, 2.05) is 30.3 Å². The number of hydroxylamine groups is 2. The van der Waals surface area contributed by atoms with E-state index in [0.29, 0.717) is 12.8 Å². The standard InChI is InChI=1S/C20H26N4O6/c25-17-7-4-8-24(28)11-15(10-21-13-23(17)24)19(27)22-16-9-18(26)30-20(16)29-12-14-5-2-1-3-6-14/h1-3,5-6,15-16,20-21H,4,7-13H2,(H,22,27). The zero-order valence-electron chi connectivity index (χ0n) is 16.6. The van der Waals surface area contributed by atoms with Crippen LogP contribution in [0.2, 0.25) is 0 Å². The van der Waals surface area contributed by atoms with Gasteiger partial charge in [0.05, 0.1) is 13.0 Å². The van der Waals surface area contributed by atoms with Gasteiger partial charge >= 0.3 is 5.97 Å². The summed E-state index contributed by atoms with van der Waals surface area (Å²) in [6.45, 7) is 0.884. The molecule has 2 amide bonds. The Labute approximate surface area is 174 Å². The quantitative estimate of drug-likeness (QED) is 0.392. The van der Waals surface area contributed by atoms with Gasteiger partial charge in [-0.2, -0.15) is 5.01 Å². The number of nitrogens with zero attached hydrogens (tertiary/aromatic N) is 2. The Bertz CT molecular complexity index is 806. The number of benzene rings is 1. The second-order valence-corrected chi connectivity index (χ2v) is 7.93. The molecule has 4 unspecified atom stereocenters. The summed E-state index contributed by atoms with van der Waals surface area (Å²) in [6.07, 6.45) is -0.0206. The zero-order chi connectivity index (χ0) is 21.1. The minimum absolute atomic E-state index is 0.00727. The van der Waals surface area contributed by atoms with Crippen LogP contribution >= 0.6 is 0 Å². The SMILES string of the molecule is O=C1CC(NC(=O)C2CNCN3C(=O)CCC[N+]3([O-])C2)C(OCc2ccccc2)O1. The molecule has 10 heteroatoms. The third-order valence-electron chi connectivity index (χ3n) is 5.70. The van der Waals surface area contributed by atoms with Crippen molar-refractivity contribution in [3.63, 3.8) is 0 Å². The van der Waals surface area contributed by atoms with Crippen molar-refractivity contribution < 1.29 is 28.6 Å². The summed E-state index contributed by atoms with van der Waals surface area (Å²) in [5.41, 5.74) is 0.922. The van der Waals surface area contributed by atoms with Crippen molar-refractivity contribution in [2.24, 2.45) is 5.92 Å². The van der Waals surface area contributed by atoms with Gasteiger partial charge in [0, 0.05) is 19.4 Å². The van der Waals surface area contributed by atoms with Gasteiger partial charge in [-0.15, -0.1) is 0 Å². The molecular formula is C20H26N4O6. The summed E-state index contributed by atoms with van der Waals surface area (Å²) in [7, 11) is 0. The molecular weight excluding hydrogens is 392 g/mol. The van der Waals surface area contributed by atoms with Crippen molar-refractivity contribution in [1.82, 2.24) is 15.6 Å². The minimum atomic E-state index is -0.885. The molecule has 0 spiro atoms. The number of nitrogens with one attached hydrogen (secondary N) is 2. The van der Waals surface area contributed by atoms with Gasteiger partial charge < -0.3 is 20.0 Å². The first-order valence-electron chi connectivity index (χ1n) is 10.2. The number of hydrogen-bond acceptors (Lipinski definition) is 7. The molecule has 2 N–H and O–H groups in total. The number of amides is 2. The Hall–Kier alpha value is -2.53. The molecule has 3 aliphatic heterocycles. The molecule has 30 heavy (non-hydrogen) atoms. The molecule has 0 radical (unpaired) electrons. The van der Waals surface area contributed by atoms with Crippen LogP contribution in [-0.2, 0) is 30.5 Å². The van der Waals surface area contributed by atoms with E-state index in [-0.39, 0.29) is 51.1 Å². The van der Waals surface area contributed by atoms with Crippen molar-refractivity contribution in [2.75, 3.05) is 26.3 Å². The van der Waals surface area contributed by atoms with Crippen LogP contribution in [0.3, 0.4) is 0 Å². The van der Waals surface area contributed by atoms with Crippen LogP contribution in [-0.4, -0.2) is 66.2 Å². The maximum absolute atomic E-state index is 13.2. The molecule has 1 aromatic carbocycles. The number of hydrogen-bond donors (Lipinski definition) is 2. The van der Waals surface area contributed by atoms with Crippen LogP contribution in [0.25, 0.3) is 0 Å². The number of carbonyl (C=O) groups is 3. The van der Waals surface area contributed by atoms with Gasteiger partial charge in [-0.05, 0) is 5.56 Å². The largest absolute Gasteiger partial charge is 0.606 e. The second kappa shape index (κ2) is 8.68. The molecule has 3 fully saturated rings. The minimum Gasteiger partial charge on any atom is -0.606 e. The fourth-order valence-electron chi connectivity index (χ4n) is 4.12. The van der Waals surface area contributed by atoms with Gasteiger partial charge in [-0.1, -0.05) is 30.3 Å². The highest BCUT2D eigenvalue weighted by atomic mass is 16.7. The Kier molecular flexibility index (Phi) is 6.00. The van der Waals surface area contributed by atoms with Gasteiger partial charge in [0.15, 0.2) is 0 Å². The third-order valence-corrected chi connectivity index (χ3v) is 5.70. The average molecular weight is 418 g/mol. The number of quaternary nitrogens is 1. The number of fused-ring (bicyclic) bond motifs is 1. The van der Waals surface area contributed by atoms with Crippen LogP contribution in [0.1, 0.15) is 24.8 Å². The van der Waals surface area contributed by atoms with Crippen LogP contribution < -0.4 is 10.6 Å². The zero-order valence-corrected chi connectivity index (χ0v) is 16.6. The first kappa shape index (κ1) is 20.7. The van der Waals surface area contributed by atoms with Crippen molar-refractivity contribution in [3.05, 3.63) is 41.1 Å². The van der Waals surface area contributed by atoms with Crippen molar-refractivity contribution in [1.29, 1.82) is 0 Å². The Morgan fingerprint density at radius 2 is 2.13 bits per heavy atom. The lowest BCUT2D eigenvalue weighted by Crippen LogP contribution is -2.63. The summed E-state index contributed by atoms with van der Waals surface area (Å²) >= 11 is 0. The monoisotopic (exact) mass is 418 g/mol. The lowest BCUT2D eigenvalue weighted by atomic mass is 10.1. The molecule has 3 aliphatic rings. The van der Waals surface area contributed by atoms with E-state index in [4.69, 9.17) is 9.47 Å². The first-order valence-corrected chi connectivity index (χ1v) is 10.2.